The number of benzene rings is 1. The van der Waals surface area contributed by atoms with Crippen LogP contribution in [0.2, 0.25) is 5.02 Å². The summed E-state index contributed by atoms with van der Waals surface area (Å²) in [4.78, 5) is 21.8. The molecule has 1 amide bonds. The highest BCUT2D eigenvalue weighted by atomic mass is 35.5. The lowest BCUT2D eigenvalue weighted by molar-refractivity contribution is -0.384. The highest BCUT2D eigenvalue weighted by molar-refractivity contribution is 6.34. The van der Waals surface area contributed by atoms with E-state index in [1.807, 2.05) is 13.8 Å². The van der Waals surface area contributed by atoms with Crippen molar-refractivity contribution in [3.8, 4) is 0 Å². The second-order valence-corrected chi connectivity index (χ2v) is 4.51. The third-order valence-electron chi connectivity index (χ3n) is 2.59. The van der Waals surface area contributed by atoms with Gasteiger partial charge >= 0.3 is 0 Å². The van der Waals surface area contributed by atoms with E-state index in [0.29, 0.717) is 5.69 Å². The average molecular weight is 271 g/mol. The van der Waals surface area contributed by atoms with E-state index in [9.17, 15) is 14.9 Å². The van der Waals surface area contributed by atoms with Crippen LogP contribution in [-0.2, 0) is 4.79 Å². The molecule has 1 rings (SSSR count). The van der Waals surface area contributed by atoms with Crippen molar-refractivity contribution in [1.29, 1.82) is 0 Å². The number of anilines is 1. The highest BCUT2D eigenvalue weighted by Crippen LogP contribution is 2.27. The third-order valence-corrected chi connectivity index (χ3v) is 2.90. The SMILES string of the molecule is CCCC(C)C(=O)Nc1ccc([N+](=O)[O-])cc1Cl. The Hall–Kier alpha value is -1.62. The van der Waals surface area contributed by atoms with Gasteiger partial charge in [-0.25, -0.2) is 0 Å². The van der Waals surface area contributed by atoms with Crippen LogP contribution >= 0.6 is 11.6 Å². The smallest absolute Gasteiger partial charge is 0.271 e. The summed E-state index contributed by atoms with van der Waals surface area (Å²) in [5.41, 5.74) is 0.301. The van der Waals surface area contributed by atoms with Crippen LogP contribution < -0.4 is 5.32 Å². The highest BCUT2D eigenvalue weighted by Gasteiger charge is 2.15. The molecule has 18 heavy (non-hydrogen) atoms. The van der Waals surface area contributed by atoms with Gasteiger partial charge in [-0.3, -0.25) is 14.9 Å². The molecule has 0 aliphatic heterocycles. The van der Waals surface area contributed by atoms with Gasteiger partial charge in [0.25, 0.3) is 5.69 Å². The molecule has 0 saturated carbocycles. The lowest BCUT2D eigenvalue weighted by atomic mass is 10.1. The van der Waals surface area contributed by atoms with Gasteiger partial charge in [0.15, 0.2) is 0 Å². The number of hydrogen-bond donors (Lipinski definition) is 1. The Morgan fingerprint density at radius 2 is 2.22 bits per heavy atom. The second kappa shape index (κ2) is 6.35. The first-order chi connectivity index (χ1) is 8.45. The van der Waals surface area contributed by atoms with Gasteiger partial charge in [0.2, 0.25) is 5.91 Å². The third kappa shape index (κ3) is 3.70. The molecule has 0 aromatic heterocycles. The Morgan fingerprint density at radius 3 is 2.72 bits per heavy atom. The van der Waals surface area contributed by atoms with Crippen molar-refractivity contribution >= 4 is 28.9 Å². The summed E-state index contributed by atoms with van der Waals surface area (Å²) in [6.07, 6.45) is 1.71. The molecule has 0 fully saturated rings. The van der Waals surface area contributed by atoms with E-state index < -0.39 is 4.92 Å². The van der Waals surface area contributed by atoms with Crippen molar-refractivity contribution in [3.05, 3.63) is 33.3 Å². The van der Waals surface area contributed by atoms with Gasteiger partial charge in [-0.05, 0) is 12.5 Å². The molecule has 0 radical (unpaired) electrons. The van der Waals surface area contributed by atoms with E-state index in [1.165, 1.54) is 18.2 Å². The molecule has 5 nitrogen and oxygen atoms in total. The number of nitro benzene ring substituents is 1. The minimum Gasteiger partial charge on any atom is -0.325 e. The molecule has 1 aromatic rings. The van der Waals surface area contributed by atoms with Gasteiger partial charge in [-0.1, -0.05) is 31.9 Å². The van der Waals surface area contributed by atoms with Crippen LogP contribution in [0.4, 0.5) is 11.4 Å². The molecule has 0 aliphatic carbocycles. The Kier molecular flexibility index (Phi) is 5.09. The van der Waals surface area contributed by atoms with E-state index in [4.69, 9.17) is 11.6 Å². The fourth-order valence-corrected chi connectivity index (χ4v) is 1.76. The van der Waals surface area contributed by atoms with E-state index >= 15 is 0 Å². The lowest BCUT2D eigenvalue weighted by Crippen LogP contribution is -2.20. The average Bonchev–Trinajstić information content (AvgIpc) is 2.31. The van der Waals surface area contributed by atoms with E-state index in [-0.39, 0.29) is 22.5 Å². The lowest BCUT2D eigenvalue weighted by Gasteiger charge is -2.11. The monoisotopic (exact) mass is 270 g/mol. The molecule has 1 N–H and O–H groups in total. The first-order valence-corrected chi connectivity index (χ1v) is 6.08. The first-order valence-electron chi connectivity index (χ1n) is 5.70. The molecular formula is C12H15ClN2O3. The number of carbonyl (C=O) groups excluding carboxylic acids is 1. The topological polar surface area (TPSA) is 72.2 Å². The van der Waals surface area contributed by atoms with Crippen LogP contribution in [-0.4, -0.2) is 10.8 Å². The van der Waals surface area contributed by atoms with E-state index in [0.717, 1.165) is 12.8 Å². The normalized spacial score (nSPS) is 11.9. The Labute approximate surface area is 110 Å². The number of carbonyl (C=O) groups is 1. The molecule has 0 spiro atoms. The second-order valence-electron chi connectivity index (χ2n) is 4.10. The number of hydrogen-bond acceptors (Lipinski definition) is 3. The zero-order valence-corrected chi connectivity index (χ0v) is 11.0. The zero-order chi connectivity index (χ0) is 13.7. The molecule has 0 bridgehead atoms. The van der Waals surface area contributed by atoms with Crippen LogP contribution in [0.3, 0.4) is 0 Å². The summed E-state index contributed by atoms with van der Waals surface area (Å²) in [7, 11) is 0. The molecule has 98 valence electrons. The van der Waals surface area contributed by atoms with Gasteiger partial charge in [0.05, 0.1) is 15.6 Å². The fraction of sp³-hybridized carbons (Fsp3) is 0.417. The zero-order valence-electron chi connectivity index (χ0n) is 10.3. The van der Waals surface area contributed by atoms with Crippen LogP contribution in [0.25, 0.3) is 0 Å². The standard InChI is InChI=1S/C12H15ClN2O3/c1-3-4-8(2)12(16)14-11-6-5-9(15(17)18)7-10(11)13/h5-8H,3-4H2,1-2H3,(H,14,16). The maximum Gasteiger partial charge on any atom is 0.271 e. The molecule has 0 saturated heterocycles. The number of nitrogens with one attached hydrogen (secondary N) is 1. The van der Waals surface area contributed by atoms with Gasteiger partial charge in [0, 0.05) is 18.1 Å². The van der Waals surface area contributed by atoms with Crippen molar-refractivity contribution < 1.29 is 9.72 Å². The number of nitro groups is 1. The van der Waals surface area contributed by atoms with Crippen LogP contribution in [0.1, 0.15) is 26.7 Å². The van der Waals surface area contributed by atoms with Crippen molar-refractivity contribution in [2.24, 2.45) is 5.92 Å². The fourth-order valence-electron chi connectivity index (χ4n) is 1.54. The van der Waals surface area contributed by atoms with Crippen LogP contribution in [0.15, 0.2) is 18.2 Å². The molecule has 0 heterocycles. The minimum absolute atomic E-state index is 0.0976. The van der Waals surface area contributed by atoms with Crippen molar-refractivity contribution in [3.63, 3.8) is 0 Å². The predicted molar refractivity (Wildman–Crippen MR) is 70.8 cm³/mol. The maximum atomic E-state index is 11.8. The summed E-state index contributed by atoms with van der Waals surface area (Å²) in [6, 6.07) is 3.98. The van der Waals surface area contributed by atoms with Crippen molar-refractivity contribution in [2.45, 2.75) is 26.7 Å². The van der Waals surface area contributed by atoms with Gasteiger partial charge in [-0.2, -0.15) is 0 Å². The number of amides is 1. The van der Waals surface area contributed by atoms with Crippen molar-refractivity contribution in [2.75, 3.05) is 5.32 Å². The van der Waals surface area contributed by atoms with E-state index in [2.05, 4.69) is 5.32 Å². The number of nitrogens with zero attached hydrogens (tertiary/aromatic N) is 1. The van der Waals surface area contributed by atoms with E-state index in [1.54, 1.807) is 0 Å². The van der Waals surface area contributed by atoms with Gasteiger partial charge in [-0.15, -0.1) is 0 Å². The number of non-ortho nitro benzene ring substituents is 1. The van der Waals surface area contributed by atoms with Crippen LogP contribution in [0.5, 0.6) is 0 Å². The van der Waals surface area contributed by atoms with Gasteiger partial charge in [0.1, 0.15) is 0 Å². The van der Waals surface area contributed by atoms with Crippen LogP contribution in [0, 0.1) is 16.0 Å². The summed E-state index contributed by atoms with van der Waals surface area (Å²) in [6.45, 7) is 3.83. The number of halogens is 1. The first kappa shape index (κ1) is 14.4. The molecule has 0 aliphatic rings. The molecule has 1 atom stereocenters. The Balaban J connectivity index is 2.79. The summed E-state index contributed by atoms with van der Waals surface area (Å²) >= 11 is 5.88. The van der Waals surface area contributed by atoms with Crippen molar-refractivity contribution in [1.82, 2.24) is 0 Å². The Bertz CT molecular complexity index is 463. The summed E-state index contributed by atoms with van der Waals surface area (Å²) in [5.74, 6) is -0.242. The predicted octanol–water partition coefficient (Wildman–Crippen LogP) is 3.62. The molecular weight excluding hydrogens is 256 g/mol. The van der Waals surface area contributed by atoms with Gasteiger partial charge < -0.3 is 5.32 Å². The largest absolute Gasteiger partial charge is 0.325 e. The summed E-state index contributed by atoms with van der Waals surface area (Å²) < 4.78 is 0. The Morgan fingerprint density at radius 1 is 1.56 bits per heavy atom. The molecule has 6 heteroatoms. The summed E-state index contributed by atoms with van der Waals surface area (Å²) in [5, 5.41) is 13.4. The minimum atomic E-state index is -0.531. The number of rotatable bonds is 5. The molecule has 1 aromatic carbocycles. The maximum absolute atomic E-state index is 11.8. The molecule has 1 unspecified atom stereocenters. The quantitative estimate of drug-likeness (QED) is 0.656.